The van der Waals surface area contributed by atoms with Crippen molar-refractivity contribution in [1.29, 1.82) is 0 Å². The highest BCUT2D eigenvalue weighted by Gasteiger charge is 1.96. The number of aliphatic hydroxyl groups is 1. The lowest BCUT2D eigenvalue weighted by Crippen LogP contribution is -1.91. The van der Waals surface area contributed by atoms with Crippen LogP contribution in [-0.4, -0.2) is 15.8 Å². The van der Waals surface area contributed by atoms with Crippen LogP contribution in [0.1, 0.15) is 25.3 Å². The molecule has 1 aromatic rings. The molecule has 0 radical (unpaired) electrons. The van der Waals surface area contributed by atoms with Crippen LogP contribution in [0, 0.1) is 6.92 Å². The fraction of sp³-hybridized carbons (Fsp3) is 0.455. The van der Waals surface area contributed by atoms with Gasteiger partial charge in [-0.15, -0.1) is 0 Å². The number of phenolic OH excluding ortho intramolecular Hbond substituents is 1. The van der Waals surface area contributed by atoms with Crippen molar-refractivity contribution in [2.24, 2.45) is 0 Å². The molecule has 0 saturated carbocycles. The molecule has 0 aliphatic heterocycles. The van der Waals surface area contributed by atoms with Crippen molar-refractivity contribution < 1.29 is 10.2 Å². The summed E-state index contributed by atoms with van der Waals surface area (Å²) in [5.41, 5.74) is 0.106. The van der Waals surface area contributed by atoms with Crippen molar-refractivity contribution in [2.75, 3.05) is 0 Å². The standard InChI is InChI=1S/C7H7ClO.C4H9ClO/c1-5-6(8)3-2-4-7(5)9;1-2-3-4(5)6/h2-4,9H,1H3;4,6H,2-3H2,1H3. The van der Waals surface area contributed by atoms with Gasteiger partial charge in [-0.05, 0) is 25.5 Å². The van der Waals surface area contributed by atoms with Crippen molar-refractivity contribution in [3.63, 3.8) is 0 Å². The summed E-state index contributed by atoms with van der Waals surface area (Å²) in [6, 6.07) is 5.07. The van der Waals surface area contributed by atoms with E-state index in [-0.39, 0.29) is 5.75 Å². The molecule has 0 spiro atoms. The molecule has 1 rings (SSSR count). The minimum atomic E-state index is -0.630. The largest absolute Gasteiger partial charge is 0.508 e. The summed E-state index contributed by atoms with van der Waals surface area (Å²) in [6.07, 6.45) is 1.65. The molecule has 2 nitrogen and oxygen atoms in total. The molecule has 0 aromatic heterocycles. The van der Waals surface area contributed by atoms with Crippen molar-refractivity contribution in [3.8, 4) is 5.75 Å². The molecule has 0 heterocycles. The third kappa shape index (κ3) is 6.61. The van der Waals surface area contributed by atoms with Gasteiger partial charge < -0.3 is 10.2 Å². The van der Waals surface area contributed by atoms with Gasteiger partial charge in [0.15, 0.2) is 0 Å². The SMILES string of the molecule is CCCC(O)Cl.Cc1c(O)cccc1Cl. The van der Waals surface area contributed by atoms with Crippen LogP contribution in [0.15, 0.2) is 18.2 Å². The highest BCUT2D eigenvalue weighted by atomic mass is 35.5. The van der Waals surface area contributed by atoms with Gasteiger partial charge in [-0.3, -0.25) is 0 Å². The predicted molar refractivity (Wildman–Crippen MR) is 64.6 cm³/mol. The Morgan fingerprint density at radius 2 is 2.00 bits per heavy atom. The van der Waals surface area contributed by atoms with E-state index in [9.17, 15) is 0 Å². The predicted octanol–water partition coefficient (Wildman–Crippen LogP) is 3.70. The van der Waals surface area contributed by atoms with Gasteiger partial charge in [0.2, 0.25) is 0 Å². The second kappa shape index (κ2) is 7.80. The number of rotatable bonds is 2. The lowest BCUT2D eigenvalue weighted by Gasteiger charge is -1.97. The van der Waals surface area contributed by atoms with E-state index in [4.69, 9.17) is 33.4 Å². The van der Waals surface area contributed by atoms with Crippen molar-refractivity contribution in [1.82, 2.24) is 0 Å². The third-order valence-electron chi connectivity index (χ3n) is 1.77. The second-order valence-electron chi connectivity index (χ2n) is 3.11. The number of aliphatic hydroxyl groups excluding tert-OH is 1. The average Bonchev–Trinajstić information content (AvgIpc) is 2.15. The quantitative estimate of drug-likeness (QED) is 0.787. The summed E-state index contributed by atoms with van der Waals surface area (Å²) in [5.74, 6) is 0.252. The number of aromatic hydroxyl groups is 1. The average molecular weight is 251 g/mol. The van der Waals surface area contributed by atoms with E-state index in [1.165, 1.54) is 0 Å². The molecule has 0 aliphatic rings. The van der Waals surface area contributed by atoms with Gasteiger partial charge in [0.1, 0.15) is 11.3 Å². The van der Waals surface area contributed by atoms with Crippen molar-refractivity contribution in [3.05, 3.63) is 28.8 Å². The first-order valence-corrected chi connectivity index (χ1v) is 5.56. The number of benzene rings is 1. The van der Waals surface area contributed by atoms with Crippen LogP contribution in [0.25, 0.3) is 0 Å². The van der Waals surface area contributed by atoms with E-state index in [0.29, 0.717) is 11.4 Å². The molecular formula is C11H16Cl2O2. The van der Waals surface area contributed by atoms with Gasteiger partial charge in [-0.1, -0.05) is 42.6 Å². The first-order chi connectivity index (χ1) is 6.99. The van der Waals surface area contributed by atoms with E-state index in [1.54, 1.807) is 25.1 Å². The van der Waals surface area contributed by atoms with Gasteiger partial charge in [0, 0.05) is 10.6 Å². The Labute approximate surface area is 100 Å². The highest BCUT2D eigenvalue weighted by molar-refractivity contribution is 6.31. The first-order valence-electron chi connectivity index (χ1n) is 4.75. The maximum Gasteiger partial charge on any atom is 0.128 e. The second-order valence-corrected chi connectivity index (χ2v) is 4.02. The van der Waals surface area contributed by atoms with Crippen LogP contribution in [0.2, 0.25) is 5.02 Å². The topological polar surface area (TPSA) is 40.5 Å². The normalized spacial score (nSPS) is 11.5. The number of phenols is 1. The summed E-state index contributed by atoms with van der Waals surface area (Å²) in [7, 11) is 0. The lowest BCUT2D eigenvalue weighted by molar-refractivity contribution is 0.244. The Hall–Kier alpha value is -0.440. The molecule has 0 aliphatic carbocycles. The number of alkyl halides is 1. The molecular weight excluding hydrogens is 235 g/mol. The van der Waals surface area contributed by atoms with E-state index < -0.39 is 5.56 Å². The maximum atomic E-state index is 9.02. The Kier molecular flexibility index (Phi) is 7.57. The van der Waals surface area contributed by atoms with E-state index in [2.05, 4.69) is 0 Å². The monoisotopic (exact) mass is 250 g/mol. The Bertz CT molecular complexity index is 268. The summed E-state index contributed by atoms with van der Waals surface area (Å²) in [5, 5.41) is 17.9. The third-order valence-corrected chi connectivity index (χ3v) is 2.39. The van der Waals surface area contributed by atoms with Crippen LogP contribution < -0.4 is 0 Å². The highest BCUT2D eigenvalue weighted by Crippen LogP contribution is 2.22. The number of hydrogen-bond donors (Lipinski definition) is 2. The van der Waals surface area contributed by atoms with Crippen LogP contribution >= 0.6 is 23.2 Å². The molecule has 1 unspecified atom stereocenters. The van der Waals surface area contributed by atoms with Crippen molar-refractivity contribution >= 4 is 23.2 Å². The van der Waals surface area contributed by atoms with Gasteiger partial charge in [-0.2, -0.15) is 0 Å². The van der Waals surface area contributed by atoms with E-state index in [1.807, 2.05) is 6.92 Å². The molecule has 15 heavy (non-hydrogen) atoms. The smallest absolute Gasteiger partial charge is 0.128 e. The Balaban J connectivity index is 0.000000288. The summed E-state index contributed by atoms with van der Waals surface area (Å²) in [4.78, 5) is 0. The van der Waals surface area contributed by atoms with E-state index in [0.717, 1.165) is 12.0 Å². The zero-order valence-corrected chi connectivity index (χ0v) is 10.4. The van der Waals surface area contributed by atoms with E-state index >= 15 is 0 Å². The molecule has 2 N–H and O–H groups in total. The van der Waals surface area contributed by atoms with Crippen molar-refractivity contribution in [2.45, 2.75) is 32.3 Å². The summed E-state index contributed by atoms with van der Waals surface area (Å²) >= 11 is 10.8. The maximum absolute atomic E-state index is 9.02. The van der Waals surface area contributed by atoms with Crippen LogP contribution in [0.3, 0.4) is 0 Å². The van der Waals surface area contributed by atoms with Gasteiger partial charge in [0.05, 0.1) is 0 Å². The number of halogens is 2. The molecule has 0 saturated heterocycles. The minimum Gasteiger partial charge on any atom is -0.508 e. The Morgan fingerprint density at radius 3 is 2.27 bits per heavy atom. The minimum absolute atomic E-state index is 0.252. The zero-order valence-electron chi connectivity index (χ0n) is 8.87. The molecule has 86 valence electrons. The summed E-state index contributed by atoms with van der Waals surface area (Å²) in [6.45, 7) is 3.75. The lowest BCUT2D eigenvalue weighted by atomic mass is 10.2. The van der Waals surface area contributed by atoms with Crippen LogP contribution in [0.5, 0.6) is 5.75 Å². The molecule has 4 heteroatoms. The fourth-order valence-corrected chi connectivity index (χ4v) is 1.22. The zero-order chi connectivity index (χ0) is 11.8. The van der Waals surface area contributed by atoms with Gasteiger partial charge in [-0.25, -0.2) is 0 Å². The number of hydrogen-bond acceptors (Lipinski definition) is 2. The van der Waals surface area contributed by atoms with Crippen LogP contribution in [0.4, 0.5) is 0 Å². The molecule has 1 aromatic carbocycles. The Morgan fingerprint density at radius 1 is 1.40 bits per heavy atom. The summed E-state index contributed by atoms with van der Waals surface area (Å²) < 4.78 is 0. The molecule has 0 amide bonds. The van der Waals surface area contributed by atoms with Gasteiger partial charge >= 0.3 is 0 Å². The fourth-order valence-electron chi connectivity index (χ4n) is 0.834. The molecule has 0 bridgehead atoms. The van der Waals surface area contributed by atoms with Crippen LogP contribution in [-0.2, 0) is 0 Å². The molecule has 0 fully saturated rings. The molecule has 1 atom stereocenters. The first kappa shape index (κ1) is 14.6. The van der Waals surface area contributed by atoms with Gasteiger partial charge in [0.25, 0.3) is 0 Å².